The number of aliphatic imine (C=N–C) groups is 1. The minimum Gasteiger partial charge on any atom is -0.379 e. The lowest BCUT2D eigenvalue weighted by Gasteiger charge is -2.42. The van der Waals surface area contributed by atoms with Gasteiger partial charge in [-0.25, -0.2) is 0 Å². The molecule has 2 aliphatic heterocycles. The summed E-state index contributed by atoms with van der Waals surface area (Å²) >= 11 is 3.39. The Morgan fingerprint density at radius 1 is 1.50 bits per heavy atom. The molecule has 0 aliphatic carbocycles. The molecule has 0 aromatic carbocycles. The van der Waals surface area contributed by atoms with Crippen molar-refractivity contribution in [1.82, 2.24) is 0 Å². The van der Waals surface area contributed by atoms with Crippen LogP contribution >= 0.6 is 15.9 Å². The fourth-order valence-electron chi connectivity index (χ4n) is 1.79. The Kier molecular flexibility index (Phi) is 3.30. The van der Waals surface area contributed by atoms with Crippen LogP contribution in [-0.4, -0.2) is 41.5 Å². The van der Waals surface area contributed by atoms with Gasteiger partial charge in [0, 0.05) is 4.48 Å². The van der Waals surface area contributed by atoms with E-state index in [1.165, 1.54) is 0 Å². The van der Waals surface area contributed by atoms with Crippen LogP contribution in [0, 0.1) is 5.41 Å². The molecule has 1 atom stereocenters. The average Bonchev–Trinajstić information content (AvgIpc) is 2.25. The molecule has 0 amide bonds. The Labute approximate surface area is 102 Å². The molecule has 0 saturated carbocycles. The molecule has 0 aromatic heterocycles. The summed E-state index contributed by atoms with van der Waals surface area (Å²) in [6.07, 6.45) is 4.20. The molecule has 16 heavy (non-hydrogen) atoms. The average molecular weight is 288 g/mol. The molecule has 1 fully saturated rings. The van der Waals surface area contributed by atoms with Gasteiger partial charge < -0.3 is 14.9 Å². The predicted octanol–water partition coefficient (Wildman–Crippen LogP) is 0.992. The molecule has 0 spiro atoms. The highest BCUT2D eigenvalue weighted by Crippen LogP contribution is 2.34. The van der Waals surface area contributed by atoms with Gasteiger partial charge in [-0.2, -0.15) is 0 Å². The summed E-state index contributed by atoms with van der Waals surface area (Å²) in [6.45, 7) is 2.56. The van der Waals surface area contributed by atoms with Crippen LogP contribution in [0.15, 0.2) is 27.7 Å². The molecular weight excluding hydrogens is 274 g/mol. The van der Waals surface area contributed by atoms with Gasteiger partial charge in [0.25, 0.3) is 0 Å². The highest BCUT2D eigenvalue weighted by Gasteiger charge is 2.48. The number of nitrogens with zero attached hydrogens (tertiary/aromatic N) is 1. The van der Waals surface area contributed by atoms with Crippen molar-refractivity contribution in [2.75, 3.05) is 13.2 Å². The van der Waals surface area contributed by atoms with Crippen LogP contribution in [0.3, 0.4) is 0 Å². The second-order valence-electron chi connectivity index (χ2n) is 4.16. The number of aliphatic hydroxyl groups is 2. The lowest BCUT2D eigenvalue weighted by molar-refractivity contribution is -0.204. The quantitative estimate of drug-likeness (QED) is 0.745. The molecule has 2 heterocycles. The summed E-state index contributed by atoms with van der Waals surface area (Å²) in [5.74, 6) is 0. The van der Waals surface area contributed by atoms with E-state index in [1.54, 1.807) is 0 Å². The summed E-state index contributed by atoms with van der Waals surface area (Å²) in [5, 5.41) is 18.9. The van der Waals surface area contributed by atoms with E-state index in [4.69, 9.17) is 4.74 Å². The van der Waals surface area contributed by atoms with Crippen LogP contribution in [0.5, 0.6) is 0 Å². The first-order valence-electron chi connectivity index (χ1n) is 5.12. The Hall–Kier alpha value is -0.490. The van der Waals surface area contributed by atoms with Crippen molar-refractivity contribution in [1.29, 1.82) is 0 Å². The van der Waals surface area contributed by atoms with Crippen molar-refractivity contribution in [3.63, 3.8) is 0 Å². The van der Waals surface area contributed by atoms with Crippen molar-refractivity contribution >= 4 is 21.6 Å². The third-order valence-electron chi connectivity index (χ3n) is 2.87. The predicted molar refractivity (Wildman–Crippen MR) is 64.5 cm³/mol. The summed E-state index contributed by atoms with van der Waals surface area (Å²) in [7, 11) is 0. The molecule has 2 N–H and O–H groups in total. The van der Waals surface area contributed by atoms with Crippen LogP contribution < -0.4 is 0 Å². The third kappa shape index (κ3) is 2.00. The molecule has 0 aromatic rings. The van der Waals surface area contributed by atoms with E-state index in [0.29, 0.717) is 18.9 Å². The van der Waals surface area contributed by atoms with Gasteiger partial charge in [-0.1, -0.05) is 15.9 Å². The van der Waals surface area contributed by atoms with Gasteiger partial charge in [-0.15, -0.1) is 0 Å². The molecule has 5 heteroatoms. The van der Waals surface area contributed by atoms with Crippen molar-refractivity contribution in [2.45, 2.75) is 19.3 Å². The standard InChI is InChI=1S/C11H14BrNO3/c1-7-4-8(12)2-3-9(13-7)11(10(14)15)5-16-6-11/h2-4,7,10,14-15H,5-6H2,1H3. The molecule has 4 nitrogen and oxygen atoms in total. The highest BCUT2D eigenvalue weighted by molar-refractivity contribution is 9.11. The molecule has 2 aliphatic rings. The number of hydrogen-bond donors (Lipinski definition) is 2. The van der Waals surface area contributed by atoms with Gasteiger partial charge in [0.05, 0.1) is 25.0 Å². The number of aliphatic hydroxyl groups excluding tert-OH is 1. The molecule has 88 valence electrons. The van der Waals surface area contributed by atoms with Gasteiger partial charge in [0.2, 0.25) is 0 Å². The fourth-order valence-corrected chi connectivity index (χ4v) is 2.30. The van der Waals surface area contributed by atoms with Crippen LogP contribution in [0.25, 0.3) is 0 Å². The van der Waals surface area contributed by atoms with Crippen molar-refractivity contribution in [2.24, 2.45) is 10.4 Å². The summed E-state index contributed by atoms with van der Waals surface area (Å²) in [5.41, 5.74) is -0.0668. The first-order valence-corrected chi connectivity index (χ1v) is 5.91. The van der Waals surface area contributed by atoms with E-state index >= 15 is 0 Å². The van der Waals surface area contributed by atoms with E-state index in [0.717, 1.165) is 4.48 Å². The molecule has 0 radical (unpaired) electrons. The van der Waals surface area contributed by atoms with Crippen molar-refractivity contribution in [3.05, 3.63) is 22.7 Å². The first kappa shape index (κ1) is 12.0. The summed E-state index contributed by atoms with van der Waals surface area (Å²) in [6, 6.07) is 0.00981. The normalized spacial score (nSPS) is 28.2. The van der Waals surface area contributed by atoms with E-state index in [9.17, 15) is 10.2 Å². The van der Waals surface area contributed by atoms with Gasteiger partial charge in [-0.3, -0.25) is 4.99 Å². The number of hydrogen-bond acceptors (Lipinski definition) is 4. The SMILES string of the molecule is CC1C=C(Br)C=CC(C2(C(O)O)COC2)=N1. The Morgan fingerprint density at radius 2 is 2.19 bits per heavy atom. The topological polar surface area (TPSA) is 62.0 Å². The number of ether oxygens (including phenoxy) is 1. The molecule has 1 unspecified atom stereocenters. The van der Waals surface area contributed by atoms with E-state index in [2.05, 4.69) is 20.9 Å². The lowest BCUT2D eigenvalue weighted by Crippen LogP contribution is -2.56. The van der Waals surface area contributed by atoms with E-state index in [-0.39, 0.29) is 6.04 Å². The summed E-state index contributed by atoms with van der Waals surface area (Å²) < 4.78 is 6.04. The number of rotatable bonds is 2. The molecular formula is C11H14BrNO3. The summed E-state index contributed by atoms with van der Waals surface area (Å²) in [4.78, 5) is 4.47. The molecule has 0 bridgehead atoms. The van der Waals surface area contributed by atoms with Gasteiger partial charge >= 0.3 is 0 Å². The van der Waals surface area contributed by atoms with Crippen molar-refractivity contribution in [3.8, 4) is 0 Å². The smallest absolute Gasteiger partial charge is 0.167 e. The minimum absolute atomic E-state index is 0.00981. The minimum atomic E-state index is -1.44. The van der Waals surface area contributed by atoms with Crippen molar-refractivity contribution < 1.29 is 14.9 Å². The Balaban J connectivity index is 2.30. The van der Waals surface area contributed by atoms with Crippen LogP contribution in [0.4, 0.5) is 0 Å². The Morgan fingerprint density at radius 3 is 2.69 bits per heavy atom. The van der Waals surface area contributed by atoms with Gasteiger partial charge in [0.1, 0.15) is 5.41 Å². The maximum Gasteiger partial charge on any atom is 0.167 e. The number of halogens is 1. The number of allylic oxidation sites excluding steroid dienone is 3. The molecule has 1 saturated heterocycles. The second-order valence-corrected chi connectivity index (χ2v) is 5.08. The zero-order chi connectivity index (χ0) is 11.8. The van der Waals surface area contributed by atoms with Crippen LogP contribution in [0.2, 0.25) is 0 Å². The maximum atomic E-state index is 9.45. The Bertz CT molecular complexity index is 369. The fraction of sp³-hybridized carbons (Fsp3) is 0.545. The first-order chi connectivity index (χ1) is 7.54. The largest absolute Gasteiger partial charge is 0.379 e. The molecule has 2 rings (SSSR count). The van der Waals surface area contributed by atoms with Crippen LogP contribution in [-0.2, 0) is 4.74 Å². The highest BCUT2D eigenvalue weighted by atomic mass is 79.9. The van der Waals surface area contributed by atoms with Gasteiger partial charge in [0.15, 0.2) is 6.29 Å². The zero-order valence-electron chi connectivity index (χ0n) is 8.93. The monoisotopic (exact) mass is 287 g/mol. The second kappa shape index (κ2) is 4.41. The van der Waals surface area contributed by atoms with Crippen LogP contribution in [0.1, 0.15) is 6.92 Å². The maximum absolute atomic E-state index is 9.45. The van der Waals surface area contributed by atoms with E-state index < -0.39 is 11.7 Å². The third-order valence-corrected chi connectivity index (χ3v) is 3.40. The van der Waals surface area contributed by atoms with E-state index in [1.807, 2.05) is 25.2 Å². The zero-order valence-corrected chi connectivity index (χ0v) is 10.5. The van der Waals surface area contributed by atoms with Gasteiger partial charge in [-0.05, 0) is 25.2 Å². The lowest BCUT2D eigenvalue weighted by atomic mass is 9.79.